The van der Waals surface area contributed by atoms with Gasteiger partial charge in [-0.25, -0.2) is 0 Å². The normalized spacial score (nSPS) is 12.7. The Morgan fingerprint density at radius 3 is 2.89 bits per heavy atom. The van der Waals surface area contributed by atoms with E-state index in [2.05, 4.69) is 28.2 Å². The van der Waals surface area contributed by atoms with Gasteiger partial charge in [-0.05, 0) is 37.6 Å². The number of nitrogens with one attached hydrogen (secondary N) is 1. The molecule has 0 spiro atoms. The van der Waals surface area contributed by atoms with Crippen molar-refractivity contribution in [3.05, 3.63) is 33.3 Å². The lowest BCUT2D eigenvalue weighted by atomic mass is 10.1. The predicted octanol–water partition coefficient (Wildman–Crippen LogP) is 3.15. The standard InChI is InChI=1S/C13H19BrClNO2/c1-10(16-5-2-7-18-8-6-17)12-4-3-11(14)9-13(12)15/h3-4,9-10,16-17H,2,5-8H2,1H3. The summed E-state index contributed by atoms with van der Waals surface area (Å²) in [5.74, 6) is 0. The quantitative estimate of drug-likeness (QED) is 0.717. The van der Waals surface area contributed by atoms with Crippen molar-refractivity contribution in [3.8, 4) is 0 Å². The molecule has 0 saturated heterocycles. The van der Waals surface area contributed by atoms with Gasteiger partial charge in [0, 0.05) is 22.1 Å². The summed E-state index contributed by atoms with van der Waals surface area (Å²) in [5.41, 5.74) is 1.09. The molecular formula is C13H19BrClNO2. The average Bonchev–Trinajstić information content (AvgIpc) is 2.33. The third-order valence-corrected chi connectivity index (χ3v) is 3.40. The van der Waals surface area contributed by atoms with Crippen LogP contribution in [0.3, 0.4) is 0 Å². The summed E-state index contributed by atoms with van der Waals surface area (Å²) in [6, 6.07) is 6.12. The Kier molecular flexibility index (Phi) is 7.86. The van der Waals surface area contributed by atoms with Gasteiger partial charge in [0.25, 0.3) is 0 Å². The molecule has 0 aliphatic heterocycles. The van der Waals surface area contributed by atoms with Crippen LogP contribution in [0.25, 0.3) is 0 Å². The highest BCUT2D eigenvalue weighted by atomic mass is 79.9. The fourth-order valence-corrected chi connectivity index (χ4v) is 2.46. The Labute approximate surface area is 122 Å². The Hall–Kier alpha value is -0.130. The van der Waals surface area contributed by atoms with Crippen LogP contribution in [0.5, 0.6) is 0 Å². The van der Waals surface area contributed by atoms with Crippen molar-refractivity contribution >= 4 is 27.5 Å². The zero-order chi connectivity index (χ0) is 13.4. The van der Waals surface area contributed by atoms with E-state index >= 15 is 0 Å². The van der Waals surface area contributed by atoms with Gasteiger partial charge in [0.1, 0.15) is 0 Å². The second-order valence-corrected chi connectivity index (χ2v) is 5.35. The molecule has 102 valence electrons. The average molecular weight is 337 g/mol. The minimum Gasteiger partial charge on any atom is -0.394 e. The van der Waals surface area contributed by atoms with Gasteiger partial charge in [-0.15, -0.1) is 0 Å². The number of aliphatic hydroxyl groups excluding tert-OH is 1. The van der Waals surface area contributed by atoms with E-state index in [1.54, 1.807) is 0 Å². The lowest BCUT2D eigenvalue weighted by Crippen LogP contribution is -2.21. The van der Waals surface area contributed by atoms with E-state index in [0.29, 0.717) is 13.2 Å². The topological polar surface area (TPSA) is 41.5 Å². The van der Waals surface area contributed by atoms with Gasteiger partial charge in [-0.2, -0.15) is 0 Å². The first-order valence-electron chi connectivity index (χ1n) is 6.02. The Bertz CT molecular complexity index is 363. The summed E-state index contributed by atoms with van der Waals surface area (Å²) < 4.78 is 6.17. The number of ether oxygens (including phenoxy) is 1. The summed E-state index contributed by atoms with van der Waals surface area (Å²) in [4.78, 5) is 0. The molecule has 0 fully saturated rings. The highest BCUT2D eigenvalue weighted by molar-refractivity contribution is 9.10. The van der Waals surface area contributed by atoms with E-state index in [4.69, 9.17) is 21.4 Å². The molecule has 1 aromatic rings. The highest BCUT2D eigenvalue weighted by Crippen LogP contribution is 2.26. The maximum Gasteiger partial charge on any atom is 0.0697 e. The van der Waals surface area contributed by atoms with Crippen LogP contribution in [0, 0.1) is 0 Å². The molecule has 0 radical (unpaired) electrons. The molecule has 1 rings (SSSR count). The van der Waals surface area contributed by atoms with Crippen molar-refractivity contribution in [1.82, 2.24) is 5.32 Å². The molecule has 0 bridgehead atoms. The molecule has 3 nitrogen and oxygen atoms in total. The number of benzene rings is 1. The maximum absolute atomic E-state index is 8.55. The molecule has 18 heavy (non-hydrogen) atoms. The molecule has 0 aliphatic carbocycles. The number of rotatable bonds is 8. The predicted molar refractivity (Wildman–Crippen MR) is 78.1 cm³/mol. The Morgan fingerprint density at radius 1 is 1.44 bits per heavy atom. The van der Waals surface area contributed by atoms with Crippen LogP contribution in [-0.2, 0) is 4.74 Å². The minimum atomic E-state index is 0.0817. The SMILES string of the molecule is CC(NCCCOCCO)c1ccc(Br)cc1Cl. The van der Waals surface area contributed by atoms with Crippen LogP contribution in [0.15, 0.2) is 22.7 Å². The largest absolute Gasteiger partial charge is 0.394 e. The lowest BCUT2D eigenvalue weighted by Gasteiger charge is -2.16. The summed E-state index contributed by atoms with van der Waals surface area (Å²) in [6.07, 6.45) is 0.915. The van der Waals surface area contributed by atoms with Crippen molar-refractivity contribution in [2.75, 3.05) is 26.4 Å². The van der Waals surface area contributed by atoms with Gasteiger partial charge in [0.15, 0.2) is 0 Å². The third kappa shape index (κ3) is 5.67. The molecule has 0 aromatic heterocycles. The molecule has 5 heteroatoms. The smallest absolute Gasteiger partial charge is 0.0697 e. The molecule has 1 aromatic carbocycles. The van der Waals surface area contributed by atoms with Crippen LogP contribution in [-0.4, -0.2) is 31.5 Å². The fourth-order valence-electron chi connectivity index (χ4n) is 1.62. The van der Waals surface area contributed by atoms with E-state index in [0.717, 1.165) is 28.0 Å². The Balaban J connectivity index is 2.29. The van der Waals surface area contributed by atoms with Crippen molar-refractivity contribution < 1.29 is 9.84 Å². The molecule has 0 saturated carbocycles. The molecular weight excluding hydrogens is 318 g/mol. The number of aliphatic hydroxyl groups is 1. The first kappa shape index (κ1) is 15.9. The van der Waals surface area contributed by atoms with Crippen LogP contribution in [0.2, 0.25) is 5.02 Å². The van der Waals surface area contributed by atoms with Gasteiger partial charge in [-0.3, -0.25) is 0 Å². The van der Waals surface area contributed by atoms with E-state index in [1.807, 2.05) is 18.2 Å². The van der Waals surface area contributed by atoms with E-state index < -0.39 is 0 Å². The number of halogens is 2. The fraction of sp³-hybridized carbons (Fsp3) is 0.538. The summed E-state index contributed by atoms with van der Waals surface area (Å²) in [6.45, 7) is 4.10. The molecule has 0 aliphatic rings. The van der Waals surface area contributed by atoms with Gasteiger partial charge < -0.3 is 15.2 Å². The van der Waals surface area contributed by atoms with Gasteiger partial charge in [-0.1, -0.05) is 33.6 Å². The highest BCUT2D eigenvalue weighted by Gasteiger charge is 2.08. The number of hydrogen-bond donors (Lipinski definition) is 2. The maximum atomic E-state index is 8.55. The van der Waals surface area contributed by atoms with Gasteiger partial charge in [0.2, 0.25) is 0 Å². The second-order valence-electron chi connectivity index (χ2n) is 4.03. The van der Waals surface area contributed by atoms with Crippen LogP contribution in [0.4, 0.5) is 0 Å². The van der Waals surface area contributed by atoms with E-state index in [9.17, 15) is 0 Å². The molecule has 1 atom stereocenters. The van der Waals surface area contributed by atoms with Crippen molar-refractivity contribution in [2.45, 2.75) is 19.4 Å². The van der Waals surface area contributed by atoms with Crippen molar-refractivity contribution in [2.24, 2.45) is 0 Å². The molecule has 0 amide bonds. The molecule has 2 N–H and O–H groups in total. The van der Waals surface area contributed by atoms with Crippen LogP contribution >= 0.6 is 27.5 Å². The van der Waals surface area contributed by atoms with Crippen molar-refractivity contribution in [1.29, 1.82) is 0 Å². The monoisotopic (exact) mass is 335 g/mol. The van der Waals surface area contributed by atoms with Crippen LogP contribution in [0.1, 0.15) is 24.9 Å². The first-order valence-corrected chi connectivity index (χ1v) is 7.19. The summed E-state index contributed by atoms with van der Waals surface area (Å²) in [7, 11) is 0. The summed E-state index contributed by atoms with van der Waals surface area (Å²) >= 11 is 9.57. The summed E-state index contributed by atoms with van der Waals surface area (Å²) in [5, 5.41) is 12.7. The van der Waals surface area contributed by atoms with E-state index in [1.165, 1.54) is 0 Å². The Morgan fingerprint density at radius 2 is 2.22 bits per heavy atom. The first-order chi connectivity index (χ1) is 8.65. The zero-order valence-electron chi connectivity index (χ0n) is 10.5. The van der Waals surface area contributed by atoms with Crippen LogP contribution < -0.4 is 5.32 Å². The van der Waals surface area contributed by atoms with Gasteiger partial charge >= 0.3 is 0 Å². The van der Waals surface area contributed by atoms with Crippen molar-refractivity contribution in [3.63, 3.8) is 0 Å². The zero-order valence-corrected chi connectivity index (χ0v) is 12.8. The van der Waals surface area contributed by atoms with Gasteiger partial charge in [0.05, 0.1) is 13.2 Å². The third-order valence-electron chi connectivity index (χ3n) is 2.58. The minimum absolute atomic E-state index is 0.0817. The van der Waals surface area contributed by atoms with E-state index in [-0.39, 0.29) is 12.6 Å². The second kappa shape index (κ2) is 8.88. The number of hydrogen-bond acceptors (Lipinski definition) is 3. The molecule has 1 unspecified atom stereocenters. The lowest BCUT2D eigenvalue weighted by molar-refractivity contribution is 0.0904. The molecule has 0 heterocycles.